The third-order valence-electron chi connectivity index (χ3n) is 15.5. The van der Waals surface area contributed by atoms with Crippen LogP contribution in [0.15, 0.2) is 60.8 Å². The summed E-state index contributed by atoms with van der Waals surface area (Å²) in [6, 6.07) is 0. The molecule has 0 spiro atoms. The first kappa shape index (κ1) is 76.1. The maximum absolute atomic E-state index is 12.9. The molecule has 1 unspecified atom stereocenters. The molecule has 460 valence electrons. The second-order valence-electron chi connectivity index (χ2n) is 23.4. The van der Waals surface area contributed by atoms with Crippen LogP contribution >= 0.6 is 0 Å². The van der Waals surface area contributed by atoms with Crippen LogP contribution in [0.4, 0.5) is 0 Å². The highest BCUT2D eigenvalue weighted by molar-refractivity contribution is 5.71. The zero-order valence-electron chi connectivity index (χ0n) is 52.9. The molecule has 0 aromatic rings. The first-order valence-electron chi connectivity index (χ1n) is 34.8. The molecule has 0 aromatic heterocycles. The predicted octanol–water partition coefficient (Wildman–Crippen LogP) is 23.9. The van der Waals surface area contributed by atoms with Crippen LogP contribution in [0.1, 0.15) is 367 Å². The molecule has 79 heavy (non-hydrogen) atoms. The summed E-state index contributed by atoms with van der Waals surface area (Å²) in [5.41, 5.74) is 0. The summed E-state index contributed by atoms with van der Waals surface area (Å²) in [7, 11) is 0. The highest BCUT2D eigenvalue weighted by Gasteiger charge is 2.19. The lowest BCUT2D eigenvalue weighted by molar-refractivity contribution is -0.167. The van der Waals surface area contributed by atoms with E-state index in [-0.39, 0.29) is 31.1 Å². The van der Waals surface area contributed by atoms with E-state index < -0.39 is 6.10 Å². The van der Waals surface area contributed by atoms with E-state index in [1.165, 1.54) is 238 Å². The number of carbonyl (C=O) groups is 3. The van der Waals surface area contributed by atoms with E-state index in [4.69, 9.17) is 14.2 Å². The Kier molecular flexibility index (Phi) is 65.1. The van der Waals surface area contributed by atoms with Gasteiger partial charge < -0.3 is 14.2 Å². The minimum Gasteiger partial charge on any atom is -0.462 e. The maximum atomic E-state index is 12.9. The van der Waals surface area contributed by atoms with Gasteiger partial charge in [-0.3, -0.25) is 14.4 Å². The minimum absolute atomic E-state index is 0.0661. The second-order valence-corrected chi connectivity index (χ2v) is 23.4. The number of esters is 3. The van der Waals surface area contributed by atoms with Crippen molar-refractivity contribution in [2.24, 2.45) is 0 Å². The molecule has 0 saturated heterocycles. The molecule has 0 rings (SSSR count). The molecule has 0 N–H and O–H groups in total. The van der Waals surface area contributed by atoms with Gasteiger partial charge in [0.1, 0.15) is 13.2 Å². The van der Waals surface area contributed by atoms with Crippen LogP contribution in [-0.4, -0.2) is 37.2 Å². The largest absolute Gasteiger partial charge is 0.462 e. The van der Waals surface area contributed by atoms with Crippen LogP contribution in [0.5, 0.6) is 0 Å². The Balaban J connectivity index is 4.01. The fourth-order valence-electron chi connectivity index (χ4n) is 10.4. The van der Waals surface area contributed by atoms with E-state index >= 15 is 0 Å². The molecule has 0 radical (unpaired) electrons. The molecule has 0 heterocycles. The lowest BCUT2D eigenvalue weighted by atomic mass is 10.0. The van der Waals surface area contributed by atoms with Gasteiger partial charge in [-0.25, -0.2) is 0 Å². The van der Waals surface area contributed by atoms with Gasteiger partial charge >= 0.3 is 17.9 Å². The minimum atomic E-state index is -0.767. The Morgan fingerprint density at radius 3 is 0.772 bits per heavy atom. The van der Waals surface area contributed by atoms with Crippen molar-refractivity contribution < 1.29 is 28.6 Å². The van der Waals surface area contributed by atoms with Crippen LogP contribution in [-0.2, 0) is 28.6 Å². The number of hydrogen-bond acceptors (Lipinski definition) is 6. The lowest BCUT2D eigenvalue weighted by Gasteiger charge is -2.18. The van der Waals surface area contributed by atoms with Crippen molar-refractivity contribution in [3.8, 4) is 0 Å². The number of unbranched alkanes of at least 4 members (excludes halogenated alkanes) is 43. The fraction of sp³-hybridized carbons (Fsp3) is 0.822. The smallest absolute Gasteiger partial charge is 0.306 e. The SMILES string of the molecule is CC/C=C\C/C=C\C/C=C\C/C=C\C/C=C\CCCCCCCCCCCCCCCCCCCCCC(=O)OCC(COC(=O)CCCCCCCCCCC)OC(=O)CCCCCCCCCCCCCCCCCCC. The standard InChI is InChI=1S/C73H132O6/c1-4-7-10-13-16-19-21-23-25-27-28-29-30-31-32-33-34-35-36-37-38-39-40-41-42-43-44-46-47-49-51-54-57-60-63-66-72(75)78-69-70(68-77-71(74)65-62-59-56-53-18-15-12-9-6-3)79-73(76)67-64-61-58-55-52-50-48-45-26-24-22-20-17-14-11-8-5-2/h7,10,16,19,23,25,28-29,31-32,70H,4-6,8-9,11-15,17-18,20-22,24,26-27,30,33-69H2,1-3H3/b10-7-,19-16-,25-23-,29-28-,32-31-. The molecule has 0 saturated carbocycles. The van der Waals surface area contributed by atoms with Gasteiger partial charge in [0.2, 0.25) is 0 Å². The van der Waals surface area contributed by atoms with Gasteiger partial charge in [-0.15, -0.1) is 0 Å². The van der Waals surface area contributed by atoms with E-state index in [0.29, 0.717) is 19.3 Å². The number of hydrogen-bond donors (Lipinski definition) is 0. The predicted molar refractivity (Wildman–Crippen MR) is 344 cm³/mol. The van der Waals surface area contributed by atoms with Crippen molar-refractivity contribution >= 4 is 17.9 Å². The van der Waals surface area contributed by atoms with Crippen LogP contribution in [0, 0.1) is 0 Å². The highest BCUT2D eigenvalue weighted by atomic mass is 16.6. The van der Waals surface area contributed by atoms with Gasteiger partial charge in [-0.2, -0.15) is 0 Å². The number of carbonyl (C=O) groups excluding carboxylic acids is 3. The van der Waals surface area contributed by atoms with Gasteiger partial charge in [0.05, 0.1) is 0 Å². The second kappa shape index (κ2) is 67.6. The van der Waals surface area contributed by atoms with E-state index in [9.17, 15) is 14.4 Å². The number of allylic oxidation sites excluding steroid dienone is 10. The van der Waals surface area contributed by atoms with Crippen molar-refractivity contribution in [2.45, 2.75) is 374 Å². The van der Waals surface area contributed by atoms with Gasteiger partial charge in [0, 0.05) is 19.3 Å². The van der Waals surface area contributed by atoms with E-state index in [1.54, 1.807) is 0 Å². The van der Waals surface area contributed by atoms with Gasteiger partial charge in [-0.1, -0.05) is 345 Å². The van der Waals surface area contributed by atoms with Gasteiger partial charge in [0.15, 0.2) is 6.10 Å². The zero-order valence-corrected chi connectivity index (χ0v) is 52.9. The van der Waals surface area contributed by atoms with Crippen molar-refractivity contribution in [3.63, 3.8) is 0 Å². The van der Waals surface area contributed by atoms with Crippen LogP contribution < -0.4 is 0 Å². The monoisotopic (exact) mass is 1110 g/mol. The Morgan fingerprint density at radius 1 is 0.266 bits per heavy atom. The molecule has 6 nitrogen and oxygen atoms in total. The number of ether oxygens (including phenoxy) is 3. The molecular weight excluding hydrogens is 973 g/mol. The molecule has 0 fully saturated rings. The van der Waals surface area contributed by atoms with Crippen LogP contribution in [0.25, 0.3) is 0 Å². The van der Waals surface area contributed by atoms with Crippen molar-refractivity contribution in [2.75, 3.05) is 13.2 Å². The Labute approximate surface area is 491 Å². The van der Waals surface area contributed by atoms with E-state index in [1.807, 2.05) is 0 Å². The summed E-state index contributed by atoms with van der Waals surface area (Å²) in [4.78, 5) is 38.2. The van der Waals surface area contributed by atoms with Crippen LogP contribution in [0.3, 0.4) is 0 Å². The lowest BCUT2D eigenvalue weighted by Crippen LogP contribution is -2.30. The number of rotatable bonds is 64. The topological polar surface area (TPSA) is 78.9 Å². The first-order chi connectivity index (χ1) is 39.0. The molecule has 0 aromatic carbocycles. The molecule has 0 aliphatic carbocycles. The normalized spacial score (nSPS) is 12.4. The summed E-state index contributed by atoms with van der Waals surface area (Å²) in [5.74, 6) is -0.843. The van der Waals surface area contributed by atoms with E-state index in [0.717, 1.165) is 89.9 Å². The molecule has 0 bridgehead atoms. The average molecular weight is 1110 g/mol. The fourth-order valence-corrected chi connectivity index (χ4v) is 10.4. The zero-order chi connectivity index (χ0) is 57.1. The first-order valence-corrected chi connectivity index (χ1v) is 34.8. The summed E-state index contributed by atoms with van der Waals surface area (Å²) < 4.78 is 16.9. The molecular formula is C73H132O6. The summed E-state index contributed by atoms with van der Waals surface area (Å²) in [6.45, 7) is 6.56. The summed E-state index contributed by atoms with van der Waals surface area (Å²) in [5, 5.41) is 0. The third-order valence-corrected chi connectivity index (χ3v) is 15.5. The van der Waals surface area contributed by atoms with Crippen molar-refractivity contribution in [1.82, 2.24) is 0 Å². The third kappa shape index (κ3) is 65.8. The average Bonchev–Trinajstić information content (AvgIpc) is 3.45. The molecule has 6 heteroatoms. The summed E-state index contributed by atoms with van der Waals surface area (Å²) >= 11 is 0. The van der Waals surface area contributed by atoms with Gasteiger partial charge in [0.25, 0.3) is 0 Å². The van der Waals surface area contributed by atoms with E-state index in [2.05, 4.69) is 81.5 Å². The van der Waals surface area contributed by atoms with Crippen molar-refractivity contribution in [1.29, 1.82) is 0 Å². The Hall–Kier alpha value is -2.89. The Bertz CT molecular complexity index is 1410. The highest BCUT2D eigenvalue weighted by Crippen LogP contribution is 2.18. The molecule has 0 amide bonds. The molecule has 0 aliphatic rings. The van der Waals surface area contributed by atoms with Gasteiger partial charge in [-0.05, 0) is 64.2 Å². The summed E-state index contributed by atoms with van der Waals surface area (Å²) in [6.07, 6.45) is 87.0. The molecule has 1 atom stereocenters. The quantitative estimate of drug-likeness (QED) is 0.0261. The Morgan fingerprint density at radius 2 is 0.494 bits per heavy atom. The maximum Gasteiger partial charge on any atom is 0.306 e. The van der Waals surface area contributed by atoms with Crippen LogP contribution in [0.2, 0.25) is 0 Å². The van der Waals surface area contributed by atoms with Crippen molar-refractivity contribution in [3.05, 3.63) is 60.8 Å². The molecule has 0 aliphatic heterocycles.